The zero-order valence-corrected chi connectivity index (χ0v) is 18.3. The summed E-state index contributed by atoms with van der Waals surface area (Å²) in [7, 11) is 0. The number of halogens is 1. The van der Waals surface area contributed by atoms with E-state index >= 15 is 0 Å². The topological polar surface area (TPSA) is 49.4 Å². The van der Waals surface area contributed by atoms with Crippen LogP contribution in [0, 0.1) is 6.92 Å². The molecule has 0 unspecified atom stereocenters. The van der Waals surface area contributed by atoms with Crippen molar-refractivity contribution in [3.63, 3.8) is 0 Å². The fourth-order valence-electron chi connectivity index (χ4n) is 3.26. The van der Waals surface area contributed by atoms with Crippen LogP contribution in [-0.2, 0) is 22.6 Å². The van der Waals surface area contributed by atoms with Crippen molar-refractivity contribution in [3.8, 4) is 0 Å². The third-order valence-electron chi connectivity index (χ3n) is 4.97. The Morgan fingerprint density at radius 2 is 1.76 bits per heavy atom. The van der Waals surface area contributed by atoms with E-state index in [4.69, 9.17) is 11.6 Å². The van der Waals surface area contributed by atoms with Crippen LogP contribution in [0.25, 0.3) is 0 Å². The molecular formula is C24H31ClN2O2. The van der Waals surface area contributed by atoms with E-state index in [1.807, 2.05) is 69.3 Å². The number of carbonyl (C=O) groups excluding carboxylic acids is 2. The molecule has 1 atom stereocenters. The van der Waals surface area contributed by atoms with Crippen molar-refractivity contribution in [1.29, 1.82) is 0 Å². The van der Waals surface area contributed by atoms with Crippen molar-refractivity contribution in [3.05, 3.63) is 70.2 Å². The molecule has 2 aromatic carbocycles. The largest absolute Gasteiger partial charge is 0.354 e. The van der Waals surface area contributed by atoms with Gasteiger partial charge in [0.15, 0.2) is 0 Å². The lowest BCUT2D eigenvalue weighted by Crippen LogP contribution is -2.49. The smallest absolute Gasteiger partial charge is 0.242 e. The number of nitrogens with one attached hydrogen (secondary N) is 1. The Hall–Kier alpha value is -2.33. The van der Waals surface area contributed by atoms with Crippen molar-refractivity contribution in [2.75, 3.05) is 6.54 Å². The van der Waals surface area contributed by atoms with E-state index in [1.165, 1.54) is 0 Å². The first-order valence-corrected chi connectivity index (χ1v) is 10.7. The highest BCUT2D eigenvalue weighted by atomic mass is 35.5. The first-order chi connectivity index (χ1) is 14.0. The molecule has 2 amide bonds. The first kappa shape index (κ1) is 23.0. The number of nitrogens with zero attached hydrogens (tertiary/aromatic N) is 1. The second kappa shape index (κ2) is 11.6. The number of hydrogen-bond acceptors (Lipinski definition) is 2. The third-order valence-corrected chi connectivity index (χ3v) is 5.34. The maximum absolute atomic E-state index is 13.2. The van der Waals surface area contributed by atoms with Gasteiger partial charge < -0.3 is 10.2 Å². The summed E-state index contributed by atoms with van der Waals surface area (Å²) < 4.78 is 0. The molecule has 4 nitrogen and oxygen atoms in total. The molecule has 0 spiro atoms. The molecule has 2 aromatic rings. The number of amides is 2. The quantitative estimate of drug-likeness (QED) is 0.600. The molecule has 0 bridgehead atoms. The van der Waals surface area contributed by atoms with Crippen molar-refractivity contribution in [2.24, 2.45) is 0 Å². The Bertz CT molecular complexity index is 805. The summed E-state index contributed by atoms with van der Waals surface area (Å²) >= 11 is 6.24. The number of rotatable bonds is 10. The van der Waals surface area contributed by atoms with Crippen LogP contribution in [0.3, 0.4) is 0 Å². The van der Waals surface area contributed by atoms with Crippen molar-refractivity contribution in [2.45, 2.75) is 59.0 Å². The Labute approximate surface area is 179 Å². The lowest BCUT2D eigenvalue weighted by Gasteiger charge is -2.31. The number of hydrogen-bond donors (Lipinski definition) is 1. The Kier molecular flexibility index (Phi) is 9.20. The molecule has 0 aromatic heterocycles. The molecule has 0 heterocycles. The lowest BCUT2D eigenvalue weighted by atomic mass is 10.1. The molecule has 0 saturated heterocycles. The second-order valence-corrected chi connectivity index (χ2v) is 7.72. The van der Waals surface area contributed by atoms with Gasteiger partial charge in [0.1, 0.15) is 6.04 Å². The molecule has 0 radical (unpaired) electrons. The molecule has 0 fully saturated rings. The minimum atomic E-state index is -0.485. The number of benzene rings is 2. The minimum absolute atomic E-state index is 0.0380. The highest BCUT2D eigenvalue weighted by molar-refractivity contribution is 6.31. The van der Waals surface area contributed by atoms with Crippen LogP contribution in [0.15, 0.2) is 48.5 Å². The summed E-state index contributed by atoms with van der Waals surface area (Å²) in [6, 6.07) is 15.2. The fraction of sp³-hybridized carbons (Fsp3) is 0.417. The van der Waals surface area contributed by atoms with E-state index in [-0.39, 0.29) is 11.8 Å². The normalized spacial score (nSPS) is 11.7. The predicted molar refractivity (Wildman–Crippen MR) is 119 cm³/mol. The van der Waals surface area contributed by atoms with Gasteiger partial charge in [-0.3, -0.25) is 9.59 Å². The summed E-state index contributed by atoms with van der Waals surface area (Å²) in [5.41, 5.74) is 3.13. The molecule has 5 heteroatoms. The van der Waals surface area contributed by atoms with Crippen LogP contribution in [0.2, 0.25) is 5.02 Å². The molecule has 2 rings (SSSR count). The molecular weight excluding hydrogens is 384 g/mol. The van der Waals surface area contributed by atoms with Gasteiger partial charge in [-0.2, -0.15) is 0 Å². The average Bonchev–Trinajstić information content (AvgIpc) is 2.72. The van der Waals surface area contributed by atoms with Gasteiger partial charge in [0.05, 0.1) is 0 Å². The van der Waals surface area contributed by atoms with E-state index < -0.39 is 6.04 Å². The number of carbonyl (C=O) groups is 2. The van der Waals surface area contributed by atoms with Crippen molar-refractivity contribution >= 4 is 23.4 Å². The zero-order chi connectivity index (χ0) is 21.2. The molecule has 29 heavy (non-hydrogen) atoms. The maximum atomic E-state index is 13.2. The van der Waals surface area contributed by atoms with E-state index in [2.05, 4.69) is 5.32 Å². The first-order valence-electron chi connectivity index (χ1n) is 10.3. The Morgan fingerprint density at radius 1 is 1.07 bits per heavy atom. The van der Waals surface area contributed by atoms with Gasteiger partial charge in [-0.05, 0) is 43.4 Å². The monoisotopic (exact) mass is 414 g/mol. The third kappa shape index (κ3) is 6.90. The summed E-state index contributed by atoms with van der Waals surface area (Å²) in [6.07, 6.45) is 2.29. The minimum Gasteiger partial charge on any atom is -0.354 e. The molecule has 1 N–H and O–H groups in total. The molecule has 156 valence electrons. The number of aryl methyl sites for hydroxylation is 2. The van der Waals surface area contributed by atoms with E-state index in [0.717, 1.165) is 23.1 Å². The van der Waals surface area contributed by atoms with Crippen LogP contribution in [0.4, 0.5) is 0 Å². The van der Waals surface area contributed by atoms with Gasteiger partial charge in [0, 0.05) is 24.5 Å². The van der Waals surface area contributed by atoms with Gasteiger partial charge in [0.25, 0.3) is 0 Å². The standard InChI is InChI=1S/C24H31ClN2O2/c1-4-16-26-24(29)22(5-2)27(17-19-12-10-18(3)11-13-19)23(28)15-14-20-8-6-7-9-21(20)25/h6-13,22H,4-5,14-17H2,1-3H3,(H,26,29)/t22-/m0/s1. The maximum Gasteiger partial charge on any atom is 0.242 e. The van der Waals surface area contributed by atoms with Crippen molar-refractivity contribution in [1.82, 2.24) is 10.2 Å². The van der Waals surface area contributed by atoms with E-state index in [9.17, 15) is 9.59 Å². The van der Waals surface area contributed by atoms with Gasteiger partial charge in [0.2, 0.25) is 11.8 Å². The summed E-state index contributed by atoms with van der Waals surface area (Å²) in [5, 5.41) is 3.61. The van der Waals surface area contributed by atoms with Crippen LogP contribution in [0.5, 0.6) is 0 Å². The highest BCUT2D eigenvalue weighted by Gasteiger charge is 2.28. The van der Waals surface area contributed by atoms with E-state index in [0.29, 0.717) is 37.4 Å². The predicted octanol–water partition coefficient (Wildman–Crippen LogP) is 4.91. The van der Waals surface area contributed by atoms with Crippen LogP contribution in [-0.4, -0.2) is 29.3 Å². The Morgan fingerprint density at radius 3 is 2.38 bits per heavy atom. The summed E-state index contributed by atoms with van der Waals surface area (Å²) in [4.78, 5) is 27.6. The molecule has 0 aliphatic rings. The van der Waals surface area contributed by atoms with Crippen LogP contribution >= 0.6 is 11.6 Å². The van der Waals surface area contributed by atoms with Gasteiger partial charge >= 0.3 is 0 Å². The van der Waals surface area contributed by atoms with Crippen LogP contribution in [0.1, 0.15) is 49.8 Å². The van der Waals surface area contributed by atoms with E-state index in [1.54, 1.807) is 4.90 Å². The summed E-state index contributed by atoms with van der Waals surface area (Å²) in [5.74, 6) is -0.128. The molecule has 0 aliphatic heterocycles. The SMILES string of the molecule is CCCNC(=O)[C@H](CC)N(Cc1ccc(C)cc1)C(=O)CCc1ccccc1Cl. The molecule has 0 aliphatic carbocycles. The zero-order valence-electron chi connectivity index (χ0n) is 17.6. The van der Waals surface area contributed by atoms with Gasteiger partial charge in [-0.25, -0.2) is 0 Å². The van der Waals surface area contributed by atoms with Gasteiger partial charge in [-0.1, -0.05) is 73.5 Å². The fourth-order valence-corrected chi connectivity index (χ4v) is 3.49. The van der Waals surface area contributed by atoms with Crippen LogP contribution < -0.4 is 5.32 Å². The van der Waals surface area contributed by atoms with Gasteiger partial charge in [-0.15, -0.1) is 0 Å². The second-order valence-electron chi connectivity index (χ2n) is 7.31. The summed E-state index contributed by atoms with van der Waals surface area (Å²) in [6.45, 7) is 7.02. The average molecular weight is 415 g/mol. The molecule has 0 saturated carbocycles. The van der Waals surface area contributed by atoms with Crippen molar-refractivity contribution < 1.29 is 9.59 Å². The lowest BCUT2D eigenvalue weighted by molar-refractivity contribution is -0.141. The Balaban J connectivity index is 2.19. The highest BCUT2D eigenvalue weighted by Crippen LogP contribution is 2.19.